The molecule has 1 amide bonds. The monoisotopic (exact) mass is 388 g/mol. The summed E-state index contributed by atoms with van der Waals surface area (Å²) in [5.74, 6) is 0.858. The Balaban J connectivity index is 1.64. The average Bonchev–Trinajstić information content (AvgIpc) is 3.18. The van der Waals surface area contributed by atoms with Gasteiger partial charge in [-0.05, 0) is 35.9 Å². The maximum Gasteiger partial charge on any atom is 0.251 e. The molecule has 2 aromatic carbocycles. The Morgan fingerprint density at radius 1 is 1.23 bits per heavy atom. The number of benzene rings is 2. The molecule has 0 radical (unpaired) electrons. The Labute approximate surface area is 160 Å². The molecule has 0 fully saturated rings. The number of rotatable bonds is 7. The molecule has 7 heteroatoms. The summed E-state index contributed by atoms with van der Waals surface area (Å²) in [6.45, 7) is 0.740. The first-order chi connectivity index (χ1) is 12.7. The van der Waals surface area contributed by atoms with Crippen LogP contribution < -0.4 is 14.8 Å². The average molecular weight is 389 g/mol. The Kier molecular flexibility index (Phi) is 6.09. The van der Waals surface area contributed by atoms with Crippen molar-refractivity contribution in [1.82, 2.24) is 10.3 Å². The highest BCUT2D eigenvalue weighted by Crippen LogP contribution is 2.29. The van der Waals surface area contributed by atoms with Crippen LogP contribution in [0.15, 0.2) is 53.4 Å². The van der Waals surface area contributed by atoms with E-state index in [0.29, 0.717) is 35.2 Å². The third-order valence-corrected chi connectivity index (χ3v) is 4.50. The molecule has 0 unspecified atom stereocenters. The van der Waals surface area contributed by atoms with E-state index >= 15 is 0 Å². The molecule has 3 aromatic rings. The summed E-state index contributed by atoms with van der Waals surface area (Å²) in [5.41, 5.74) is 4.02. The summed E-state index contributed by atoms with van der Waals surface area (Å²) < 4.78 is 11.1. The van der Waals surface area contributed by atoms with Crippen molar-refractivity contribution in [3.63, 3.8) is 0 Å². The quantitative estimate of drug-likeness (QED) is 0.655. The van der Waals surface area contributed by atoms with E-state index in [9.17, 15) is 4.79 Å². The number of ether oxygens (including phenoxy) is 2. The molecule has 0 aliphatic heterocycles. The van der Waals surface area contributed by atoms with Crippen LogP contribution in [0.5, 0.6) is 11.5 Å². The lowest BCUT2D eigenvalue weighted by atomic mass is 10.1. The largest absolute Gasteiger partial charge is 0.493 e. The molecule has 134 valence electrons. The number of carbonyl (C=O) groups excluding carboxylic acids is 1. The normalized spacial score (nSPS) is 10.4. The number of nitrogens with one attached hydrogen (secondary N) is 1. The fourth-order valence-corrected chi connectivity index (χ4v) is 3.08. The lowest BCUT2D eigenvalue weighted by molar-refractivity contribution is 0.0950. The summed E-state index contributed by atoms with van der Waals surface area (Å²) in [6, 6.07) is 12.4. The van der Waals surface area contributed by atoms with E-state index in [2.05, 4.69) is 10.3 Å². The Bertz CT molecular complexity index is 884. The highest BCUT2D eigenvalue weighted by atomic mass is 35.5. The van der Waals surface area contributed by atoms with E-state index in [4.69, 9.17) is 21.1 Å². The first-order valence-corrected chi connectivity index (χ1v) is 9.18. The lowest BCUT2D eigenvalue weighted by Gasteiger charge is -2.12. The van der Waals surface area contributed by atoms with E-state index < -0.39 is 0 Å². The van der Waals surface area contributed by atoms with E-state index in [1.165, 1.54) is 11.3 Å². The zero-order chi connectivity index (χ0) is 18.4. The third kappa shape index (κ3) is 4.74. The van der Waals surface area contributed by atoms with Gasteiger partial charge in [0.25, 0.3) is 5.91 Å². The smallest absolute Gasteiger partial charge is 0.251 e. The van der Waals surface area contributed by atoms with E-state index in [0.717, 1.165) is 11.3 Å². The van der Waals surface area contributed by atoms with Crippen LogP contribution in [0.25, 0.3) is 0 Å². The number of halogens is 1. The van der Waals surface area contributed by atoms with Gasteiger partial charge in [0.2, 0.25) is 0 Å². The second-order valence-corrected chi connectivity index (χ2v) is 6.60. The van der Waals surface area contributed by atoms with Gasteiger partial charge in [0.1, 0.15) is 6.61 Å². The predicted octanol–water partition coefficient (Wildman–Crippen LogP) is 4.31. The maximum absolute atomic E-state index is 12.4. The van der Waals surface area contributed by atoms with Gasteiger partial charge in [-0.15, -0.1) is 11.3 Å². The minimum absolute atomic E-state index is 0.200. The molecule has 0 aliphatic carbocycles. The van der Waals surface area contributed by atoms with Crippen molar-refractivity contribution in [2.45, 2.75) is 13.2 Å². The summed E-state index contributed by atoms with van der Waals surface area (Å²) in [4.78, 5) is 16.5. The number of aromatic nitrogens is 1. The molecule has 1 heterocycles. The van der Waals surface area contributed by atoms with Crippen LogP contribution in [0.4, 0.5) is 0 Å². The van der Waals surface area contributed by atoms with Crippen LogP contribution in [0.2, 0.25) is 5.02 Å². The van der Waals surface area contributed by atoms with E-state index in [-0.39, 0.29) is 5.91 Å². The Morgan fingerprint density at radius 2 is 2.12 bits per heavy atom. The molecule has 5 nitrogen and oxygen atoms in total. The molecule has 3 rings (SSSR count). The van der Waals surface area contributed by atoms with Crippen LogP contribution in [0.3, 0.4) is 0 Å². The molecule has 1 aromatic heterocycles. The summed E-state index contributed by atoms with van der Waals surface area (Å²) >= 11 is 7.47. The van der Waals surface area contributed by atoms with Gasteiger partial charge in [-0.3, -0.25) is 4.79 Å². The fourth-order valence-electron chi connectivity index (χ4n) is 2.32. The number of thiazole rings is 1. The van der Waals surface area contributed by atoms with Crippen molar-refractivity contribution >= 4 is 28.8 Å². The molecule has 0 atom stereocenters. The van der Waals surface area contributed by atoms with Gasteiger partial charge < -0.3 is 14.8 Å². The third-order valence-electron chi connectivity index (χ3n) is 3.63. The highest BCUT2D eigenvalue weighted by molar-refractivity contribution is 7.07. The summed E-state index contributed by atoms with van der Waals surface area (Å²) in [5, 5.41) is 5.42. The molecule has 0 saturated carbocycles. The van der Waals surface area contributed by atoms with Gasteiger partial charge in [-0.1, -0.05) is 23.7 Å². The summed E-state index contributed by atoms with van der Waals surface area (Å²) in [7, 11) is 1.54. The SMILES string of the molecule is COc1cc(C(=O)NCc2cccc(Cl)c2)ccc1OCc1cscn1. The standard InChI is InChI=1S/C19H17ClN2O3S/c1-24-18-8-14(5-6-17(18)25-10-16-11-26-12-22-16)19(23)21-9-13-3-2-4-15(20)7-13/h2-8,11-12H,9-10H2,1H3,(H,21,23). The van der Waals surface area contributed by atoms with Crippen LogP contribution in [0.1, 0.15) is 21.6 Å². The van der Waals surface area contributed by atoms with Crippen LogP contribution in [-0.4, -0.2) is 18.0 Å². The number of hydrogen-bond donors (Lipinski definition) is 1. The Hall–Kier alpha value is -2.57. The first-order valence-electron chi connectivity index (χ1n) is 7.86. The minimum Gasteiger partial charge on any atom is -0.493 e. The molecule has 1 N–H and O–H groups in total. The number of nitrogens with zero attached hydrogens (tertiary/aromatic N) is 1. The van der Waals surface area contributed by atoms with Gasteiger partial charge in [0.05, 0.1) is 18.3 Å². The van der Waals surface area contributed by atoms with Crippen LogP contribution in [-0.2, 0) is 13.2 Å². The molecular weight excluding hydrogens is 372 g/mol. The molecule has 0 spiro atoms. The maximum atomic E-state index is 12.4. The highest BCUT2D eigenvalue weighted by Gasteiger charge is 2.12. The van der Waals surface area contributed by atoms with Crippen LogP contribution >= 0.6 is 22.9 Å². The lowest BCUT2D eigenvalue weighted by Crippen LogP contribution is -2.22. The zero-order valence-corrected chi connectivity index (χ0v) is 15.6. The van der Waals surface area contributed by atoms with Crippen molar-refractivity contribution in [3.05, 3.63) is 75.2 Å². The van der Waals surface area contributed by atoms with Gasteiger partial charge in [0.15, 0.2) is 11.5 Å². The molecular formula is C19H17ClN2O3S. The van der Waals surface area contributed by atoms with Crippen molar-refractivity contribution in [2.75, 3.05) is 7.11 Å². The van der Waals surface area contributed by atoms with Crippen molar-refractivity contribution < 1.29 is 14.3 Å². The van der Waals surface area contributed by atoms with Gasteiger partial charge in [0, 0.05) is 22.5 Å². The Morgan fingerprint density at radius 3 is 2.85 bits per heavy atom. The number of carbonyl (C=O) groups is 1. The van der Waals surface area contributed by atoms with E-state index in [1.54, 1.807) is 36.9 Å². The van der Waals surface area contributed by atoms with Crippen molar-refractivity contribution in [3.8, 4) is 11.5 Å². The first kappa shape index (κ1) is 18.2. The number of hydrogen-bond acceptors (Lipinski definition) is 5. The fraction of sp³-hybridized carbons (Fsp3) is 0.158. The van der Waals surface area contributed by atoms with Gasteiger partial charge in [-0.2, -0.15) is 0 Å². The molecule has 0 bridgehead atoms. The zero-order valence-electron chi connectivity index (χ0n) is 14.1. The molecule has 26 heavy (non-hydrogen) atoms. The molecule has 0 aliphatic rings. The second kappa shape index (κ2) is 8.69. The number of amides is 1. The van der Waals surface area contributed by atoms with Crippen molar-refractivity contribution in [2.24, 2.45) is 0 Å². The van der Waals surface area contributed by atoms with Crippen molar-refractivity contribution in [1.29, 1.82) is 0 Å². The van der Waals surface area contributed by atoms with Crippen LogP contribution in [0, 0.1) is 0 Å². The van der Waals surface area contributed by atoms with Gasteiger partial charge in [-0.25, -0.2) is 4.98 Å². The van der Waals surface area contributed by atoms with Gasteiger partial charge >= 0.3 is 0 Å². The summed E-state index contributed by atoms with van der Waals surface area (Å²) in [6.07, 6.45) is 0. The predicted molar refractivity (Wildman–Crippen MR) is 102 cm³/mol. The van der Waals surface area contributed by atoms with E-state index in [1.807, 2.05) is 23.6 Å². The molecule has 0 saturated heterocycles. The topological polar surface area (TPSA) is 60.5 Å². The minimum atomic E-state index is -0.200. The number of methoxy groups -OCH3 is 1. The second-order valence-electron chi connectivity index (χ2n) is 5.45.